The Kier molecular flexibility index (Phi) is 4.12. The molecule has 0 spiro atoms. The van der Waals surface area contributed by atoms with Crippen LogP contribution >= 0.6 is 11.6 Å². The van der Waals surface area contributed by atoms with Gasteiger partial charge in [0.25, 0.3) is 5.91 Å². The van der Waals surface area contributed by atoms with Crippen LogP contribution < -0.4 is 5.32 Å². The van der Waals surface area contributed by atoms with Gasteiger partial charge in [-0.05, 0) is 18.2 Å². The van der Waals surface area contributed by atoms with Crippen LogP contribution in [0.3, 0.4) is 0 Å². The van der Waals surface area contributed by atoms with Crippen LogP contribution in [0.25, 0.3) is 0 Å². The minimum absolute atomic E-state index is 0.423. The zero-order valence-electron chi connectivity index (χ0n) is 7.96. The van der Waals surface area contributed by atoms with Crippen molar-refractivity contribution in [1.29, 1.82) is 0 Å². The van der Waals surface area contributed by atoms with Crippen molar-refractivity contribution in [3.63, 3.8) is 0 Å². The van der Waals surface area contributed by atoms with Crippen molar-refractivity contribution in [3.05, 3.63) is 41.4 Å². The lowest BCUT2D eigenvalue weighted by Gasteiger charge is -2.03. The third kappa shape index (κ3) is 3.59. The number of amides is 1. The minimum atomic E-state index is -1.00. The minimum Gasteiger partial charge on any atom is -0.501 e. The van der Waals surface area contributed by atoms with E-state index in [0.29, 0.717) is 10.7 Å². The van der Waals surface area contributed by atoms with Crippen LogP contribution in [-0.2, 0) is 9.53 Å². The zero-order valence-corrected chi connectivity index (χ0v) is 8.72. The summed E-state index contributed by atoms with van der Waals surface area (Å²) in [6.07, 6.45) is 0.722. The number of hydrogen-bond donors (Lipinski definition) is 1. The molecule has 0 unspecified atom stereocenters. The smallest absolute Gasteiger partial charge is 0.287 e. The van der Waals surface area contributed by atoms with Crippen molar-refractivity contribution >= 4 is 23.2 Å². The van der Waals surface area contributed by atoms with E-state index in [1.807, 2.05) is 0 Å². The molecule has 0 aliphatic carbocycles. The monoisotopic (exact) mass is 229 g/mol. The van der Waals surface area contributed by atoms with Crippen LogP contribution in [0.1, 0.15) is 0 Å². The summed E-state index contributed by atoms with van der Waals surface area (Å²) in [6, 6.07) is 6.41. The lowest BCUT2D eigenvalue weighted by atomic mass is 10.3. The van der Waals surface area contributed by atoms with E-state index in [9.17, 15) is 9.18 Å². The Balaban J connectivity index is 2.70. The molecule has 0 saturated carbocycles. The molecular formula is C10H9ClFNO2. The third-order valence-corrected chi connectivity index (χ3v) is 1.76. The molecule has 1 amide bonds. The summed E-state index contributed by atoms with van der Waals surface area (Å²) in [4.78, 5) is 11.1. The van der Waals surface area contributed by atoms with E-state index in [0.717, 1.165) is 6.26 Å². The van der Waals surface area contributed by atoms with E-state index < -0.39 is 11.7 Å². The van der Waals surface area contributed by atoms with Crippen LogP contribution in [-0.4, -0.2) is 13.0 Å². The molecule has 0 atom stereocenters. The molecule has 0 fully saturated rings. The number of benzene rings is 1. The fraction of sp³-hybridized carbons (Fsp3) is 0.100. The molecule has 3 nitrogen and oxygen atoms in total. The van der Waals surface area contributed by atoms with Gasteiger partial charge in [-0.1, -0.05) is 17.7 Å². The maximum atomic E-state index is 12.9. The number of methoxy groups -OCH3 is 1. The van der Waals surface area contributed by atoms with Gasteiger partial charge in [-0.3, -0.25) is 4.79 Å². The summed E-state index contributed by atoms with van der Waals surface area (Å²) in [6.45, 7) is 0. The second-order valence-electron chi connectivity index (χ2n) is 2.67. The molecule has 1 aromatic rings. The molecule has 0 saturated heterocycles. The van der Waals surface area contributed by atoms with E-state index in [2.05, 4.69) is 10.1 Å². The first-order chi connectivity index (χ1) is 7.13. The number of hydrogen-bond acceptors (Lipinski definition) is 2. The van der Waals surface area contributed by atoms with Crippen LogP contribution in [0.4, 0.5) is 10.1 Å². The molecule has 0 aliphatic heterocycles. The van der Waals surface area contributed by atoms with Gasteiger partial charge >= 0.3 is 0 Å². The first-order valence-electron chi connectivity index (χ1n) is 4.09. The van der Waals surface area contributed by atoms with E-state index in [1.165, 1.54) is 13.2 Å². The van der Waals surface area contributed by atoms with Gasteiger partial charge in [0.1, 0.15) is 6.26 Å². The van der Waals surface area contributed by atoms with Crippen LogP contribution in [0.5, 0.6) is 0 Å². The Labute approximate surface area is 91.5 Å². The highest BCUT2D eigenvalue weighted by Crippen LogP contribution is 2.15. The number of nitrogens with one attached hydrogen (secondary N) is 1. The standard InChI is InChI=1S/C10H9ClFNO2/c1-15-6-9(12)10(14)13-8-4-2-3-7(11)5-8/h2-6H,1H3,(H,13,14)/b9-6-. The van der Waals surface area contributed by atoms with E-state index >= 15 is 0 Å². The molecule has 5 heteroatoms. The number of rotatable bonds is 3. The Bertz CT molecular complexity index is 393. The SMILES string of the molecule is CO/C=C(\F)C(=O)Nc1cccc(Cl)c1. The molecule has 1 aromatic carbocycles. The highest BCUT2D eigenvalue weighted by atomic mass is 35.5. The molecule has 1 N–H and O–H groups in total. The average Bonchev–Trinajstić information content (AvgIpc) is 2.18. The maximum Gasteiger partial charge on any atom is 0.287 e. The van der Waals surface area contributed by atoms with E-state index in [4.69, 9.17) is 11.6 Å². The second kappa shape index (κ2) is 5.36. The molecular weight excluding hydrogens is 221 g/mol. The first kappa shape index (κ1) is 11.5. The van der Waals surface area contributed by atoms with Crippen molar-refractivity contribution in [1.82, 2.24) is 0 Å². The van der Waals surface area contributed by atoms with Gasteiger partial charge < -0.3 is 10.1 Å². The average molecular weight is 230 g/mol. The fourth-order valence-corrected chi connectivity index (χ4v) is 1.10. The lowest BCUT2D eigenvalue weighted by molar-refractivity contribution is -0.114. The van der Waals surface area contributed by atoms with Gasteiger partial charge in [0.15, 0.2) is 0 Å². The van der Waals surface area contributed by atoms with E-state index in [-0.39, 0.29) is 0 Å². The van der Waals surface area contributed by atoms with Crippen molar-refractivity contribution in [2.45, 2.75) is 0 Å². The predicted molar refractivity (Wildman–Crippen MR) is 56.3 cm³/mol. The topological polar surface area (TPSA) is 38.3 Å². The summed E-state index contributed by atoms with van der Waals surface area (Å²) < 4.78 is 17.2. The van der Waals surface area contributed by atoms with Gasteiger partial charge in [0.2, 0.25) is 5.83 Å². The van der Waals surface area contributed by atoms with Crippen molar-refractivity contribution in [2.75, 3.05) is 12.4 Å². The Morgan fingerprint density at radius 3 is 2.93 bits per heavy atom. The summed E-state index contributed by atoms with van der Waals surface area (Å²) in [5, 5.41) is 2.78. The third-order valence-electron chi connectivity index (χ3n) is 1.52. The van der Waals surface area contributed by atoms with Crippen molar-refractivity contribution in [2.24, 2.45) is 0 Å². The number of halogens is 2. The van der Waals surface area contributed by atoms with Crippen molar-refractivity contribution < 1.29 is 13.9 Å². The van der Waals surface area contributed by atoms with Crippen LogP contribution in [0.15, 0.2) is 36.4 Å². The summed E-state index contributed by atoms with van der Waals surface area (Å²) >= 11 is 5.68. The van der Waals surface area contributed by atoms with E-state index in [1.54, 1.807) is 18.2 Å². The molecule has 0 heterocycles. The number of carbonyl (C=O) groups excluding carboxylic acids is 1. The largest absolute Gasteiger partial charge is 0.501 e. The molecule has 1 rings (SSSR count). The van der Waals surface area contributed by atoms with Crippen LogP contribution in [0.2, 0.25) is 5.02 Å². The maximum absolute atomic E-state index is 12.9. The summed E-state index contributed by atoms with van der Waals surface area (Å²) in [5.41, 5.74) is 0.423. The highest BCUT2D eigenvalue weighted by Gasteiger charge is 2.08. The van der Waals surface area contributed by atoms with Gasteiger partial charge in [0, 0.05) is 10.7 Å². The van der Waals surface area contributed by atoms with Crippen molar-refractivity contribution in [3.8, 4) is 0 Å². The van der Waals surface area contributed by atoms with Gasteiger partial charge in [0.05, 0.1) is 7.11 Å². The van der Waals surface area contributed by atoms with Gasteiger partial charge in [-0.15, -0.1) is 0 Å². The van der Waals surface area contributed by atoms with Crippen LogP contribution in [0, 0.1) is 0 Å². The first-order valence-corrected chi connectivity index (χ1v) is 4.46. The fourth-order valence-electron chi connectivity index (χ4n) is 0.914. The predicted octanol–water partition coefficient (Wildman–Crippen LogP) is 2.74. The normalized spacial score (nSPS) is 11.0. The Morgan fingerprint density at radius 2 is 2.33 bits per heavy atom. The highest BCUT2D eigenvalue weighted by molar-refractivity contribution is 6.30. The molecule has 0 aliphatic rings. The summed E-state index contributed by atoms with van der Waals surface area (Å²) in [7, 11) is 1.26. The Hall–Kier alpha value is -1.55. The number of anilines is 1. The molecule has 80 valence electrons. The molecule has 0 radical (unpaired) electrons. The zero-order chi connectivity index (χ0) is 11.3. The number of ether oxygens (including phenoxy) is 1. The van der Waals surface area contributed by atoms with Gasteiger partial charge in [-0.2, -0.15) is 4.39 Å². The summed E-state index contributed by atoms with van der Waals surface area (Å²) in [5.74, 6) is -1.88. The number of carbonyl (C=O) groups is 1. The molecule has 0 bridgehead atoms. The van der Waals surface area contributed by atoms with Gasteiger partial charge in [-0.25, -0.2) is 0 Å². The lowest BCUT2D eigenvalue weighted by Crippen LogP contribution is -2.11. The molecule has 15 heavy (non-hydrogen) atoms. The Morgan fingerprint density at radius 1 is 1.60 bits per heavy atom. The molecule has 0 aromatic heterocycles. The quantitative estimate of drug-likeness (QED) is 0.639. The second-order valence-corrected chi connectivity index (χ2v) is 3.10.